The monoisotopic (exact) mass is 1880 g/mol. The first kappa shape index (κ1) is 110. The van der Waals surface area contributed by atoms with Crippen LogP contribution < -0.4 is 85.5 Å². The van der Waals surface area contributed by atoms with Crippen LogP contribution >= 0.6 is 11.8 Å². The van der Waals surface area contributed by atoms with Gasteiger partial charge in [0.15, 0.2) is 0 Å². The molecule has 132 heavy (non-hydrogen) atoms. The number of aromatic hydroxyl groups is 2. The van der Waals surface area contributed by atoms with Crippen LogP contribution in [0.25, 0.3) is 0 Å². The van der Waals surface area contributed by atoms with Gasteiger partial charge in [-0.3, -0.25) is 101 Å². The van der Waals surface area contributed by atoms with Gasteiger partial charge in [0.1, 0.15) is 84.0 Å². The third-order valence-corrected chi connectivity index (χ3v) is 22.1. The van der Waals surface area contributed by atoms with Crippen LogP contribution in [0.2, 0.25) is 0 Å². The third kappa shape index (κ3) is 37.1. The average molecular weight is 1880 g/mol. The fraction of sp³-hybridized carbons (Fsp3) is 0.553. The molecule has 26 N–H and O–H groups in total. The van der Waals surface area contributed by atoms with Crippen molar-refractivity contribution in [2.75, 3.05) is 50.9 Å². The molecule has 0 radical (unpaired) electrons. The quantitative estimate of drug-likeness (QED) is 0.0184. The molecule has 0 aromatic heterocycles. The van der Waals surface area contributed by atoms with Crippen LogP contribution in [0.4, 0.5) is 0 Å². The number of nitrogens with one attached hydrogen (secondary N) is 15. The van der Waals surface area contributed by atoms with Crippen molar-refractivity contribution in [3.05, 3.63) is 95.6 Å². The number of fused-ring (bicyclic) bond motifs is 1. The largest absolute Gasteiger partial charge is 0.508 e. The van der Waals surface area contributed by atoms with Gasteiger partial charge < -0.3 is 131 Å². The first-order chi connectivity index (χ1) is 62.4. The van der Waals surface area contributed by atoms with Crippen molar-refractivity contribution < 1.29 is 142 Å². The maximum atomic E-state index is 14.7. The van der Waals surface area contributed by atoms with E-state index in [1.54, 1.807) is 45.9 Å². The van der Waals surface area contributed by atoms with Crippen LogP contribution in [0.1, 0.15) is 129 Å². The van der Waals surface area contributed by atoms with Crippen molar-refractivity contribution in [1.82, 2.24) is 84.7 Å². The number of carbonyl (C=O) groups is 20. The first-order valence-electron chi connectivity index (χ1n) is 42.8. The van der Waals surface area contributed by atoms with Gasteiger partial charge in [0.25, 0.3) is 0 Å². The highest BCUT2D eigenvalue weighted by Crippen LogP contribution is 2.46. The number of rotatable bonds is 59. The summed E-state index contributed by atoms with van der Waals surface area (Å²) >= 11 is 0.803. The number of likely N-dealkylation sites (tertiary alicyclic amines) is 1. The molecule has 726 valence electrons. The minimum absolute atomic E-state index is 0.0393. The van der Waals surface area contributed by atoms with Crippen molar-refractivity contribution >= 4 is 130 Å². The van der Waals surface area contributed by atoms with E-state index >= 15 is 0 Å². The van der Waals surface area contributed by atoms with Crippen LogP contribution in [0.15, 0.2) is 78.9 Å². The van der Waals surface area contributed by atoms with Crippen molar-refractivity contribution in [2.45, 2.75) is 223 Å². The molecule has 18 atom stereocenters. The van der Waals surface area contributed by atoms with Crippen LogP contribution in [0, 0.1) is 23.7 Å². The summed E-state index contributed by atoms with van der Waals surface area (Å²) < 4.78 is 0. The number of phenolic OH excluding ortho intramolecular Hbond substituents is 2. The maximum absolute atomic E-state index is 14.7. The van der Waals surface area contributed by atoms with Gasteiger partial charge in [-0.2, -0.15) is 0 Å². The molecule has 0 spiro atoms. The van der Waals surface area contributed by atoms with Gasteiger partial charge in [0.2, 0.25) is 100 Å². The number of amides is 17. The number of aliphatic hydroxyl groups is 4. The number of carboxylic acid groups (broad SMARTS) is 3. The Balaban J connectivity index is 1.28. The lowest BCUT2D eigenvalue weighted by Crippen LogP contribution is -2.63. The Bertz CT molecular complexity index is 4510. The minimum Gasteiger partial charge on any atom is -0.508 e. The van der Waals surface area contributed by atoms with E-state index in [1.807, 2.05) is 0 Å². The van der Waals surface area contributed by atoms with E-state index in [0.717, 1.165) is 30.5 Å². The zero-order valence-corrected chi connectivity index (χ0v) is 74.8. The summed E-state index contributed by atoms with van der Waals surface area (Å²) in [4.78, 5) is 271. The van der Waals surface area contributed by atoms with Crippen LogP contribution in [-0.4, -0.2) is 311 Å². The summed E-state index contributed by atoms with van der Waals surface area (Å²) in [5, 5.41) is 128. The standard InChI is InChI=1S/C85H121N17O29S/c1-8-43(4)69(81(127)95-57(33-49-19-23-51(108)24-20-49)75(121)91-55(30-42(2)3)74(120)93-59(35-67(114)115)73(119)89-44(5)14-12-13-27-86)100-80(126)62(39-104)97-76(122)56(32-48-17-21-50(107)22-18-48)92-77(123)60(36-68(116)117)94-79(125)61(38-103)98-83(129)71(46(7)106)101-78(124)58(31-47-15-10-9-11-16-47)96-82(128)70(45(6)105)99-63(109)37-88-72(118)54(25-26-66(112)113)90-65(111)41-132-40-64(110)87-28-29-102-84(130)52-34-53(52)85(102)131/h9-11,15-24,42-46,52-62,69-71,103-108H,8,12-14,25-41,86H2,1-7H3,(H,87,110)(H,88,118)(H,89,119)(H,90,111)(H,91,121)(H,92,123)(H,93,120)(H,94,125)(H,95,127)(H,96,128)(H,97,122)(H,98,129)(H,99,109)(H,100,126)(H,101,124)(H,112,113)(H,114,115)(H,116,117)/t43-,44+,45+,46+,52-,53+,54-,55-,56-,57-,58-,59-,60-,61-,62-,69-,70-,71-/m0/s1. The van der Waals surface area contributed by atoms with Crippen LogP contribution in [0.3, 0.4) is 0 Å². The molecule has 1 saturated carbocycles. The number of hydrogen-bond acceptors (Lipinski definition) is 28. The Morgan fingerprint density at radius 3 is 1.30 bits per heavy atom. The number of aliphatic carboxylic acids is 3. The molecule has 1 saturated heterocycles. The fourth-order valence-corrected chi connectivity index (χ4v) is 14.3. The number of carboxylic acids is 3. The van der Waals surface area contributed by atoms with Crippen molar-refractivity contribution in [3.8, 4) is 11.5 Å². The van der Waals surface area contributed by atoms with Crippen molar-refractivity contribution in [1.29, 1.82) is 0 Å². The van der Waals surface area contributed by atoms with Crippen molar-refractivity contribution in [2.24, 2.45) is 29.4 Å². The van der Waals surface area contributed by atoms with Gasteiger partial charge >= 0.3 is 17.9 Å². The SMILES string of the molecule is CC[C@H](C)[C@H](NC(=O)[C@H](CO)NC(=O)[C@H](Cc1ccc(O)cc1)NC(=O)[C@H](CC(=O)O)NC(=O)[C@H](CO)NC(=O)[C@@H](NC(=O)[C@H](Cc1ccccc1)NC(=O)[C@@H](NC(=O)CNC(=O)[C@H](CCC(=O)O)NC(=O)CSCC(=O)NCCN1C(=O)[C@H]2C[C@H]2C1=O)[C@@H](C)O)[C@@H](C)O)C(=O)N[C@@H](Cc1ccc(O)cc1)C(=O)N[C@@H](CC(C)C)C(=O)N[C@@H](CC(=O)O)C(=O)N[C@H](C)CCCCN. The van der Waals surface area contributed by atoms with Gasteiger partial charge in [-0.25, -0.2) is 0 Å². The molecule has 0 bridgehead atoms. The second-order valence-electron chi connectivity index (χ2n) is 32.6. The molecule has 2 aliphatic rings. The molecule has 3 aromatic rings. The van der Waals surface area contributed by atoms with E-state index in [2.05, 4.69) is 79.8 Å². The van der Waals surface area contributed by atoms with E-state index in [4.69, 9.17) is 5.73 Å². The second kappa shape index (κ2) is 54.6. The van der Waals surface area contributed by atoms with E-state index in [0.29, 0.717) is 43.4 Å². The summed E-state index contributed by atoms with van der Waals surface area (Å²) in [6, 6.07) is -4.39. The molecule has 0 unspecified atom stereocenters. The number of thioether (sulfide) groups is 1. The molecule has 3 aromatic carbocycles. The topological polar surface area (TPSA) is 733 Å². The molecule has 2 fully saturated rings. The molecular formula is C85H121N17O29S. The molecular weight excluding hydrogens is 1760 g/mol. The summed E-state index contributed by atoms with van der Waals surface area (Å²) in [6.07, 6.45) is -5.94. The normalized spacial score (nSPS) is 16.8. The van der Waals surface area contributed by atoms with Gasteiger partial charge in [0.05, 0.1) is 68.1 Å². The lowest BCUT2D eigenvalue weighted by molar-refractivity contribution is -0.142. The number of hydrogen-bond donors (Lipinski definition) is 25. The van der Waals surface area contributed by atoms with Gasteiger partial charge in [-0.05, 0) is 112 Å². The van der Waals surface area contributed by atoms with Crippen LogP contribution in [0.5, 0.6) is 11.5 Å². The summed E-state index contributed by atoms with van der Waals surface area (Å²) in [5.41, 5.74) is 6.48. The highest BCUT2D eigenvalue weighted by atomic mass is 32.2. The molecule has 1 heterocycles. The highest BCUT2D eigenvalue weighted by Gasteiger charge is 2.58. The number of unbranched alkanes of at least 4 members (excludes halogenated alkanes) is 1. The van der Waals surface area contributed by atoms with Crippen LogP contribution in [-0.2, 0) is 115 Å². The van der Waals surface area contributed by atoms with E-state index in [-0.39, 0.29) is 84.7 Å². The fourth-order valence-electron chi connectivity index (χ4n) is 13.6. The van der Waals surface area contributed by atoms with Gasteiger partial charge in [0, 0.05) is 44.8 Å². The van der Waals surface area contributed by atoms with E-state index in [9.17, 15) is 142 Å². The number of imide groups is 1. The lowest BCUT2D eigenvalue weighted by atomic mass is 9.96. The average Bonchev–Trinajstić information content (AvgIpc) is 1.58. The number of nitrogens with two attached hydrogens (primary N) is 1. The van der Waals surface area contributed by atoms with E-state index < -0.39 is 267 Å². The number of nitrogens with zero attached hydrogens (tertiary/aromatic N) is 1. The minimum atomic E-state index is -2.23. The molecule has 5 rings (SSSR count). The number of aliphatic hydroxyl groups excluding tert-OH is 4. The smallest absolute Gasteiger partial charge is 0.305 e. The molecule has 46 nitrogen and oxygen atoms in total. The van der Waals surface area contributed by atoms with Gasteiger partial charge in [-0.1, -0.05) is 95.1 Å². The summed E-state index contributed by atoms with van der Waals surface area (Å²) in [5.74, 6) is -25.0. The number of carbonyl (C=O) groups excluding carboxylic acids is 17. The Morgan fingerprint density at radius 1 is 0.424 bits per heavy atom. The highest BCUT2D eigenvalue weighted by molar-refractivity contribution is 8.00. The third-order valence-electron chi connectivity index (χ3n) is 21.1. The molecule has 1 aliphatic carbocycles. The zero-order valence-electron chi connectivity index (χ0n) is 73.9. The lowest BCUT2D eigenvalue weighted by Gasteiger charge is -2.30. The summed E-state index contributed by atoms with van der Waals surface area (Å²) in [7, 11) is 0. The molecule has 47 heteroatoms. The Labute approximate surface area is 763 Å². The Morgan fingerprint density at radius 2 is 0.826 bits per heavy atom. The van der Waals surface area contributed by atoms with Crippen molar-refractivity contribution in [3.63, 3.8) is 0 Å². The zero-order chi connectivity index (χ0) is 98.3. The maximum Gasteiger partial charge on any atom is 0.305 e. The first-order valence-corrected chi connectivity index (χ1v) is 44.0. The van der Waals surface area contributed by atoms with Gasteiger partial charge in [-0.15, -0.1) is 11.8 Å². The van der Waals surface area contributed by atoms with E-state index in [1.165, 1.54) is 67.6 Å². The predicted octanol–water partition coefficient (Wildman–Crippen LogP) is -6.80. The number of piperidine rings is 1. The molecule has 17 amide bonds. The number of benzene rings is 3. The Kier molecular flexibility index (Phi) is 45.3. The predicted molar refractivity (Wildman–Crippen MR) is 467 cm³/mol. The Hall–Kier alpha value is -13.0. The second-order valence-corrected chi connectivity index (χ2v) is 33.6. The number of phenols is 2. The summed E-state index contributed by atoms with van der Waals surface area (Å²) in [6.45, 7) is 7.06. The molecule has 1 aliphatic heterocycles.